The van der Waals surface area contributed by atoms with Crippen LogP contribution in [0.5, 0.6) is 0 Å². The summed E-state index contributed by atoms with van der Waals surface area (Å²) in [4.78, 5) is 38.5. The zero-order chi connectivity index (χ0) is 22.1. The molecule has 154 valence electrons. The number of nitrogens with zero attached hydrogens (tertiary/aromatic N) is 1. The topological polar surface area (TPSA) is 94.9 Å². The molecule has 1 atom stereocenters. The van der Waals surface area contributed by atoms with Crippen LogP contribution in [0.2, 0.25) is 0 Å². The van der Waals surface area contributed by atoms with E-state index in [9.17, 15) is 19.5 Å². The van der Waals surface area contributed by atoms with Crippen LogP contribution < -0.4 is 4.90 Å². The second-order valence-corrected chi connectivity index (χ2v) is 7.85. The molecular weight excluding hydrogens is 462 g/mol. The fourth-order valence-electron chi connectivity index (χ4n) is 3.58. The molecule has 3 aromatic carbocycles. The van der Waals surface area contributed by atoms with Gasteiger partial charge in [-0.05, 0) is 42.0 Å². The van der Waals surface area contributed by atoms with E-state index >= 15 is 0 Å². The number of carbonyl (C=O) groups is 3. The summed E-state index contributed by atoms with van der Waals surface area (Å²) in [5.41, 5.74) is 1.43. The van der Waals surface area contributed by atoms with Gasteiger partial charge in [-0.25, -0.2) is 4.79 Å². The number of hydrogen-bond donors (Lipinski definition) is 2. The van der Waals surface area contributed by atoms with Gasteiger partial charge in [-0.2, -0.15) is 0 Å². The summed E-state index contributed by atoms with van der Waals surface area (Å²) in [6.07, 6.45) is 0. The molecule has 1 aliphatic heterocycles. The third-order valence-corrected chi connectivity index (χ3v) is 5.60. The normalized spacial score (nSPS) is 17.7. The molecule has 3 aromatic rings. The molecule has 0 saturated carbocycles. The molecule has 1 aliphatic rings. The molecule has 2 N–H and O–H groups in total. The van der Waals surface area contributed by atoms with E-state index in [1.807, 2.05) is 0 Å². The lowest BCUT2D eigenvalue weighted by atomic mass is 9.95. The van der Waals surface area contributed by atoms with E-state index in [0.29, 0.717) is 16.8 Å². The van der Waals surface area contributed by atoms with Crippen LogP contribution in [-0.4, -0.2) is 27.9 Å². The van der Waals surface area contributed by atoms with Crippen molar-refractivity contribution in [2.24, 2.45) is 0 Å². The maximum atomic E-state index is 13.0. The lowest BCUT2D eigenvalue weighted by molar-refractivity contribution is -0.132. The van der Waals surface area contributed by atoms with Gasteiger partial charge in [0.05, 0.1) is 17.2 Å². The number of benzene rings is 3. The maximum Gasteiger partial charge on any atom is 0.335 e. The Morgan fingerprint density at radius 3 is 2.00 bits per heavy atom. The zero-order valence-corrected chi connectivity index (χ0v) is 17.6. The van der Waals surface area contributed by atoms with Crippen molar-refractivity contribution in [1.82, 2.24) is 0 Å². The molecular formula is C24H16BrNO5. The van der Waals surface area contributed by atoms with Crippen LogP contribution in [0.3, 0.4) is 0 Å². The Morgan fingerprint density at radius 2 is 1.42 bits per heavy atom. The highest BCUT2D eigenvalue weighted by Crippen LogP contribution is 2.42. The number of hydrogen-bond acceptors (Lipinski definition) is 4. The molecule has 1 fully saturated rings. The quantitative estimate of drug-likeness (QED) is 0.320. The molecule has 0 radical (unpaired) electrons. The number of aromatic carboxylic acids is 1. The maximum absolute atomic E-state index is 13.0. The summed E-state index contributed by atoms with van der Waals surface area (Å²) in [5, 5.41) is 20.1. The third-order valence-electron chi connectivity index (χ3n) is 5.07. The van der Waals surface area contributed by atoms with Crippen molar-refractivity contribution in [2.45, 2.75) is 6.04 Å². The van der Waals surface area contributed by atoms with Gasteiger partial charge < -0.3 is 10.2 Å². The van der Waals surface area contributed by atoms with Crippen LogP contribution in [-0.2, 0) is 9.59 Å². The molecule has 0 aliphatic carbocycles. The number of anilines is 1. The molecule has 0 spiro atoms. The van der Waals surface area contributed by atoms with Gasteiger partial charge in [0.15, 0.2) is 0 Å². The highest BCUT2D eigenvalue weighted by atomic mass is 79.9. The SMILES string of the molecule is O=C1C(=O)N(c2ccc(C(=O)O)cc2)[C@@H](c2ccc(Br)cc2)C1=C(O)c1ccccc1. The predicted molar refractivity (Wildman–Crippen MR) is 119 cm³/mol. The first kappa shape index (κ1) is 20.6. The summed E-state index contributed by atoms with van der Waals surface area (Å²) in [5.74, 6) is -2.97. The highest BCUT2D eigenvalue weighted by Gasteiger charge is 2.46. The van der Waals surface area contributed by atoms with Crippen molar-refractivity contribution in [1.29, 1.82) is 0 Å². The highest BCUT2D eigenvalue weighted by molar-refractivity contribution is 9.10. The van der Waals surface area contributed by atoms with Crippen LogP contribution in [0.1, 0.15) is 27.5 Å². The average molecular weight is 478 g/mol. The minimum Gasteiger partial charge on any atom is -0.507 e. The molecule has 7 heteroatoms. The number of rotatable bonds is 4. The lowest BCUT2D eigenvalue weighted by Crippen LogP contribution is -2.29. The molecule has 0 unspecified atom stereocenters. The zero-order valence-electron chi connectivity index (χ0n) is 16.0. The third kappa shape index (κ3) is 3.75. The van der Waals surface area contributed by atoms with E-state index < -0.39 is 23.7 Å². The molecule has 1 heterocycles. The summed E-state index contributed by atoms with van der Waals surface area (Å²) < 4.78 is 0.821. The number of ketones is 1. The van der Waals surface area contributed by atoms with Crippen molar-refractivity contribution < 1.29 is 24.6 Å². The molecule has 31 heavy (non-hydrogen) atoms. The van der Waals surface area contributed by atoms with Crippen LogP contribution in [0, 0.1) is 0 Å². The van der Waals surface area contributed by atoms with Crippen molar-refractivity contribution in [2.75, 3.05) is 4.90 Å². The van der Waals surface area contributed by atoms with E-state index in [1.165, 1.54) is 29.2 Å². The lowest BCUT2D eigenvalue weighted by Gasteiger charge is -2.25. The van der Waals surface area contributed by atoms with E-state index in [4.69, 9.17) is 5.11 Å². The summed E-state index contributed by atoms with van der Waals surface area (Å²) in [6.45, 7) is 0. The number of Topliss-reactive ketones (excluding diaryl/α,β-unsaturated/α-hetero) is 1. The van der Waals surface area contributed by atoms with Crippen LogP contribution in [0.15, 0.2) is 88.9 Å². The number of amides is 1. The van der Waals surface area contributed by atoms with Crippen LogP contribution in [0.4, 0.5) is 5.69 Å². The molecule has 0 bridgehead atoms. The van der Waals surface area contributed by atoms with Crippen LogP contribution in [0.25, 0.3) is 5.76 Å². The number of carboxylic acids is 1. The van der Waals surface area contributed by atoms with Gasteiger partial charge in [0.25, 0.3) is 11.7 Å². The molecule has 1 amide bonds. The first-order chi connectivity index (χ1) is 14.9. The van der Waals surface area contributed by atoms with Gasteiger partial charge in [-0.3, -0.25) is 14.5 Å². The smallest absolute Gasteiger partial charge is 0.335 e. The average Bonchev–Trinajstić information content (AvgIpc) is 3.05. The van der Waals surface area contributed by atoms with Gasteiger partial charge >= 0.3 is 5.97 Å². The number of aliphatic hydroxyl groups is 1. The van der Waals surface area contributed by atoms with Gasteiger partial charge in [0.2, 0.25) is 0 Å². The van der Waals surface area contributed by atoms with Gasteiger partial charge in [0.1, 0.15) is 5.76 Å². The Morgan fingerprint density at radius 1 is 0.806 bits per heavy atom. The number of carboxylic acid groups (broad SMARTS) is 1. The van der Waals surface area contributed by atoms with E-state index in [-0.39, 0.29) is 16.9 Å². The van der Waals surface area contributed by atoms with E-state index in [0.717, 1.165) is 4.47 Å². The summed E-state index contributed by atoms with van der Waals surface area (Å²) in [7, 11) is 0. The molecule has 4 rings (SSSR count). The minimum atomic E-state index is -1.10. The minimum absolute atomic E-state index is 0.0270. The second kappa shape index (κ2) is 8.20. The second-order valence-electron chi connectivity index (χ2n) is 6.94. The monoisotopic (exact) mass is 477 g/mol. The number of halogens is 1. The molecule has 0 aromatic heterocycles. The predicted octanol–water partition coefficient (Wildman–Crippen LogP) is 4.77. The molecule has 1 saturated heterocycles. The summed E-state index contributed by atoms with van der Waals surface area (Å²) in [6, 6.07) is 20.5. The standard InChI is InChI=1S/C24H16BrNO5/c25-17-10-6-14(7-11-17)20-19(21(27)15-4-2-1-3-5-15)22(28)23(29)26(20)18-12-8-16(9-13-18)24(30)31/h1-13,20,27H,(H,30,31)/t20-/m0/s1. The Hall–Kier alpha value is -3.71. The van der Waals surface area contributed by atoms with Crippen LogP contribution >= 0.6 is 15.9 Å². The Balaban J connectivity index is 1.91. The largest absolute Gasteiger partial charge is 0.507 e. The Labute approximate surface area is 186 Å². The van der Waals surface area contributed by atoms with Crippen molar-refractivity contribution in [3.8, 4) is 0 Å². The van der Waals surface area contributed by atoms with Crippen molar-refractivity contribution >= 4 is 45.0 Å². The van der Waals surface area contributed by atoms with Crippen molar-refractivity contribution in [3.05, 3.63) is 106 Å². The summed E-state index contributed by atoms with van der Waals surface area (Å²) >= 11 is 3.38. The fourth-order valence-corrected chi connectivity index (χ4v) is 3.84. The fraction of sp³-hybridized carbons (Fsp3) is 0.0417. The van der Waals surface area contributed by atoms with E-state index in [2.05, 4.69) is 15.9 Å². The molecule has 6 nitrogen and oxygen atoms in total. The Bertz CT molecular complexity index is 1200. The number of carbonyl (C=O) groups excluding carboxylic acids is 2. The van der Waals surface area contributed by atoms with Gasteiger partial charge in [-0.15, -0.1) is 0 Å². The van der Waals surface area contributed by atoms with E-state index in [1.54, 1.807) is 54.6 Å². The first-order valence-electron chi connectivity index (χ1n) is 9.33. The van der Waals surface area contributed by atoms with Gasteiger partial charge in [0, 0.05) is 15.7 Å². The van der Waals surface area contributed by atoms with Gasteiger partial charge in [-0.1, -0.05) is 58.4 Å². The first-order valence-corrected chi connectivity index (χ1v) is 10.1. The van der Waals surface area contributed by atoms with Crippen molar-refractivity contribution in [3.63, 3.8) is 0 Å². The Kier molecular flexibility index (Phi) is 5.44. The number of aliphatic hydroxyl groups excluding tert-OH is 1.